The van der Waals surface area contributed by atoms with E-state index >= 15 is 0 Å². The van der Waals surface area contributed by atoms with Crippen molar-refractivity contribution in [2.75, 3.05) is 51.5 Å². The van der Waals surface area contributed by atoms with E-state index in [1.807, 2.05) is 0 Å². The molecule has 0 amide bonds. The molecule has 7 N–H and O–H groups in total. The molecule has 200 valence electrons. The average molecular weight is 513 g/mol. The van der Waals surface area contributed by atoms with Crippen molar-refractivity contribution in [1.82, 2.24) is 14.7 Å². The smallest absolute Gasteiger partial charge is 0.317 e. The second-order valence-electron chi connectivity index (χ2n) is 8.43. The summed E-state index contributed by atoms with van der Waals surface area (Å²) in [7, 11) is 0. The molecule has 0 aliphatic rings. The summed E-state index contributed by atoms with van der Waals surface area (Å²) in [5.74, 6) is -6.29. The molecule has 0 saturated heterocycles. The molecule has 0 saturated carbocycles. The van der Waals surface area contributed by atoms with Crippen molar-refractivity contribution in [2.24, 2.45) is 0 Å². The van der Waals surface area contributed by atoms with Crippen molar-refractivity contribution >= 4 is 35.5 Å². The first kappa shape index (κ1) is 30.3. The quantitative estimate of drug-likeness (QED) is 0.128. The monoisotopic (exact) mass is 512 g/mol. The Kier molecular flexibility index (Phi) is 12.3. The molecule has 1 aromatic carbocycles. The number of nitrogen functional groups attached to an aromatic ring is 1. The molecule has 0 heterocycles. The lowest BCUT2D eigenvalue weighted by Crippen LogP contribution is -2.55. The highest BCUT2D eigenvalue weighted by Crippen LogP contribution is 2.17. The average Bonchev–Trinajstić information content (AvgIpc) is 2.71. The van der Waals surface area contributed by atoms with Crippen LogP contribution in [0, 0.1) is 0 Å². The third-order valence-electron chi connectivity index (χ3n) is 5.23. The number of nitrogens with two attached hydrogens (primary N) is 1. The molecule has 36 heavy (non-hydrogen) atoms. The molecule has 14 nitrogen and oxygen atoms in total. The first-order valence-corrected chi connectivity index (χ1v) is 10.9. The second kappa shape index (κ2) is 14.6. The molecular weight excluding hydrogens is 480 g/mol. The summed E-state index contributed by atoms with van der Waals surface area (Å²) < 4.78 is 0. The number of carboxylic acids is 5. The van der Waals surface area contributed by atoms with Gasteiger partial charge >= 0.3 is 29.8 Å². The zero-order chi connectivity index (χ0) is 27.4. The van der Waals surface area contributed by atoms with Gasteiger partial charge in [0.25, 0.3) is 0 Å². The van der Waals surface area contributed by atoms with E-state index in [0.717, 1.165) is 15.4 Å². The van der Waals surface area contributed by atoms with Gasteiger partial charge in [-0.05, 0) is 31.0 Å². The maximum atomic E-state index is 11.7. The van der Waals surface area contributed by atoms with Gasteiger partial charge in [0, 0.05) is 30.9 Å². The highest BCUT2D eigenvalue weighted by molar-refractivity contribution is 5.73. The molecule has 0 fully saturated rings. The largest absolute Gasteiger partial charge is 0.480 e. The third-order valence-corrected chi connectivity index (χ3v) is 5.23. The van der Waals surface area contributed by atoms with Crippen molar-refractivity contribution in [3.05, 3.63) is 29.8 Å². The number of benzene rings is 1. The van der Waals surface area contributed by atoms with Crippen molar-refractivity contribution in [2.45, 2.75) is 25.4 Å². The number of nitrogens with zero attached hydrogens (tertiary/aromatic N) is 3. The Bertz CT molecular complexity index is 892. The molecular formula is C22H32N4O10. The topological polar surface area (TPSA) is 222 Å². The Morgan fingerprint density at radius 1 is 0.694 bits per heavy atom. The molecule has 0 unspecified atom stereocenters. The lowest BCUT2D eigenvalue weighted by Gasteiger charge is -2.39. The van der Waals surface area contributed by atoms with Gasteiger partial charge in [0.2, 0.25) is 0 Å². The van der Waals surface area contributed by atoms with E-state index in [1.54, 1.807) is 31.2 Å². The van der Waals surface area contributed by atoms with Crippen molar-refractivity contribution in [1.29, 1.82) is 0 Å². The van der Waals surface area contributed by atoms with Crippen LogP contribution in [0.2, 0.25) is 0 Å². The van der Waals surface area contributed by atoms with Crippen molar-refractivity contribution in [3.8, 4) is 0 Å². The fraction of sp³-hybridized carbons (Fsp3) is 0.500. The van der Waals surface area contributed by atoms with E-state index in [0.29, 0.717) is 5.69 Å². The standard InChI is InChI=1S/C22H32N4O10/c1-14(7-24(9-18(27)28)10-19(29)30)26(13-22(35)36)17(6-15-2-4-16(23)5-3-15)8-25(11-20(31)32)12-21(33)34/h2-5,14,17H,6-13,23H2,1H3,(H,27,28)(H,29,30)(H,31,32)(H,33,34)(H,35,36)/t14-,17+/m0/s1. The summed E-state index contributed by atoms with van der Waals surface area (Å²) in [6.45, 7) is -1.61. The first-order valence-electron chi connectivity index (χ1n) is 10.9. The van der Waals surface area contributed by atoms with Gasteiger partial charge in [-0.1, -0.05) is 12.1 Å². The normalized spacial score (nSPS) is 13.0. The van der Waals surface area contributed by atoms with Gasteiger partial charge in [-0.25, -0.2) is 0 Å². The number of anilines is 1. The number of aliphatic carboxylic acids is 5. The number of rotatable bonds is 18. The molecule has 2 atom stereocenters. The van der Waals surface area contributed by atoms with Gasteiger partial charge in [0.15, 0.2) is 0 Å². The van der Waals surface area contributed by atoms with E-state index in [1.165, 1.54) is 4.90 Å². The van der Waals surface area contributed by atoms with Crippen molar-refractivity contribution in [3.63, 3.8) is 0 Å². The van der Waals surface area contributed by atoms with Crippen LogP contribution in [0.3, 0.4) is 0 Å². The highest BCUT2D eigenvalue weighted by atomic mass is 16.4. The fourth-order valence-electron chi connectivity index (χ4n) is 3.93. The number of carbonyl (C=O) groups is 5. The molecule has 0 bridgehead atoms. The molecule has 14 heteroatoms. The third kappa shape index (κ3) is 12.1. The summed E-state index contributed by atoms with van der Waals surface area (Å²) in [4.78, 5) is 60.6. The summed E-state index contributed by atoms with van der Waals surface area (Å²) in [5, 5.41) is 46.3. The van der Waals surface area contributed by atoms with Gasteiger partial charge < -0.3 is 31.3 Å². The van der Waals surface area contributed by atoms with Gasteiger partial charge in [-0.3, -0.25) is 38.7 Å². The van der Waals surface area contributed by atoms with Crippen LogP contribution in [0.25, 0.3) is 0 Å². The summed E-state index contributed by atoms with van der Waals surface area (Å²) >= 11 is 0. The van der Waals surface area contributed by atoms with Crippen LogP contribution >= 0.6 is 0 Å². The van der Waals surface area contributed by atoms with Crippen LogP contribution in [0.15, 0.2) is 24.3 Å². The van der Waals surface area contributed by atoms with E-state index < -0.39 is 74.7 Å². The van der Waals surface area contributed by atoms with Crippen molar-refractivity contribution < 1.29 is 49.5 Å². The lowest BCUT2D eigenvalue weighted by atomic mass is 10.0. The summed E-state index contributed by atoms with van der Waals surface area (Å²) in [6, 6.07) is 5.23. The zero-order valence-corrected chi connectivity index (χ0v) is 19.8. The summed E-state index contributed by atoms with van der Waals surface area (Å²) in [6.07, 6.45) is 0.186. The van der Waals surface area contributed by atoms with Gasteiger partial charge in [0.1, 0.15) is 0 Å². The molecule has 0 aliphatic heterocycles. The van der Waals surface area contributed by atoms with E-state index in [2.05, 4.69) is 0 Å². The fourth-order valence-corrected chi connectivity index (χ4v) is 3.93. The SMILES string of the molecule is C[C@@H](CN(CC(=O)O)CC(=O)O)N(CC(=O)O)[C@H](Cc1ccc(N)cc1)CN(CC(=O)O)CC(=O)O. The van der Waals surface area contributed by atoms with Crippen LogP contribution in [-0.4, -0.2) is 128 Å². The minimum absolute atomic E-state index is 0.123. The molecule has 0 aliphatic carbocycles. The number of hydrogen-bond acceptors (Lipinski definition) is 9. The maximum Gasteiger partial charge on any atom is 0.317 e. The van der Waals surface area contributed by atoms with Crippen LogP contribution < -0.4 is 5.73 Å². The molecule has 0 radical (unpaired) electrons. The highest BCUT2D eigenvalue weighted by Gasteiger charge is 2.30. The molecule has 1 aromatic rings. The Labute approximate surface area is 207 Å². The Morgan fingerprint density at radius 2 is 1.08 bits per heavy atom. The molecule has 0 spiro atoms. The maximum absolute atomic E-state index is 11.7. The minimum atomic E-state index is -1.27. The van der Waals surface area contributed by atoms with E-state index in [9.17, 15) is 39.3 Å². The van der Waals surface area contributed by atoms with E-state index in [-0.39, 0.29) is 19.5 Å². The van der Waals surface area contributed by atoms with Crippen LogP contribution in [0.1, 0.15) is 12.5 Å². The minimum Gasteiger partial charge on any atom is -0.480 e. The number of hydrogen-bond donors (Lipinski definition) is 6. The van der Waals surface area contributed by atoms with Gasteiger partial charge in [-0.15, -0.1) is 0 Å². The zero-order valence-electron chi connectivity index (χ0n) is 19.8. The van der Waals surface area contributed by atoms with Gasteiger partial charge in [-0.2, -0.15) is 0 Å². The Morgan fingerprint density at radius 3 is 1.47 bits per heavy atom. The van der Waals surface area contributed by atoms with E-state index in [4.69, 9.17) is 15.9 Å². The first-order chi connectivity index (χ1) is 16.8. The molecule has 1 rings (SSSR count). The second-order valence-corrected chi connectivity index (χ2v) is 8.43. The van der Waals surface area contributed by atoms with Gasteiger partial charge in [0.05, 0.1) is 32.7 Å². The predicted octanol–water partition coefficient (Wildman–Crippen LogP) is -1.10. The Balaban J connectivity index is 3.36. The summed E-state index contributed by atoms with van der Waals surface area (Å²) in [5.41, 5.74) is 6.93. The predicted molar refractivity (Wildman–Crippen MR) is 126 cm³/mol. The lowest BCUT2D eigenvalue weighted by molar-refractivity contribution is -0.144. The molecule has 0 aromatic heterocycles. The van der Waals surface area contributed by atoms with Crippen LogP contribution in [0.5, 0.6) is 0 Å². The van der Waals surface area contributed by atoms with Crippen LogP contribution in [0.4, 0.5) is 5.69 Å². The number of carboxylic acid groups (broad SMARTS) is 5. The van der Waals surface area contributed by atoms with Crippen LogP contribution in [-0.2, 0) is 30.4 Å². The Hall–Kier alpha value is -3.75.